The van der Waals surface area contributed by atoms with Gasteiger partial charge in [0, 0.05) is 10.9 Å². The van der Waals surface area contributed by atoms with Crippen LogP contribution in [0.3, 0.4) is 0 Å². The van der Waals surface area contributed by atoms with Gasteiger partial charge in [-0.15, -0.1) is 11.6 Å². The molecule has 0 bridgehead atoms. The van der Waals surface area contributed by atoms with E-state index >= 15 is 0 Å². The van der Waals surface area contributed by atoms with Crippen LogP contribution in [0.4, 0.5) is 5.69 Å². The van der Waals surface area contributed by atoms with Gasteiger partial charge in [0.1, 0.15) is 12.7 Å². The van der Waals surface area contributed by atoms with Crippen molar-refractivity contribution in [2.24, 2.45) is 5.41 Å². The molecule has 1 heterocycles. The van der Waals surface area contributed by atoms with Crippen molar-refractivity contribution in [1.82, 2.24) is 14.8 Å². The minimum Gasteiger partial charge on any atom is -0.324 e. The molecule has 1 aromatic heterocycles. The molecular weight excluding hydrogens is 299 g/mol. The van der Waals surface area contributed by atoms with E-state index < -0.39 is 5.41 Å². The van der Waals surface area contributed by atoms with Crippen molar-refractivity contribution in [3.63, 3.8) is 0 Å². The minimum atomic E-state index is -0.677. The monoisotopic (exact) mass is 312 g/mol. The summed E-state index contributed by atoms with van der Waals surface area (Å²) in [7, 11) is 0. The fourth-order valence-electron chi connectivity index (χ4n) is 1.49. The average molecular weight is 313 g/mol. The fraction of sp³-hybridized carbons (Fsp3) is 0.308. The van der Waals surface area contributed by atoms with Gasteiger partial charge in [0.15, 0.2) is 0 Å². The number of halogens is 2. The molecule has 20 heavy (non-hydrogen) atoms. The van der Waals surface area contributed by atoms with Gasteiger partial charge in [-0.05, 0) is 32.0 Å². The number of hydrogen-bond donors (Lipinski definition) is 1. The van der Waals surface area contributed by atoms with E-state index in [1.165, 1.54) is 6.33 Å². The van der Waals surface area contributed by atoms with Crippen LogP contribution >= 0.6 is 23.2 Å². The first-order valence-electron chi connectivity index (χ1n) is 5.96. The number of amides is 1. The van der Waals surface area contributed by atoms with Gasteiger partial charge in [-0.3, -0.25) is 4.79 Å². The molecular formula is C13H14Cl2N4O. The van der Waals surface area contributed by atoms with Crippen LogP contribution in [-0.2, 0) is 4.79 Å². The Morgan fingerprint density at radius 1 is 1.45 bits per heavy atom. The van der Waals surface area contributed by atoms with E-state index in [4.69, 9.17) is 23.2 Å². The Balaban J connectivity index is 2.36. The predicted octanol–water partition coefficient (Wildman–Crippen LogP) is 3.12. The van der Waals surface area contributed by atoms with Gasteiger partial charge >= 0.3 is 0 Å². The molecule has 0 spiro atoms. The molecule has 2 rings (SSSR count). The van der Waals surface area contributed by atoms with Crippen LogP contribution in [-0.4, -0.2) is 26.6 Å². The maximum Gasteiger partial charge on any atom is 0.231 e. The third kappa shape index (κ3) is 3.11. The minimum absolute atomic E-state index is 0.184. The van der Waals surface area contributed by atoms with Crippen LogP contribution < -0.4 is 5.32 Å². The lowest BCUT2D eigenvalue weighted by molar-refractivity contribution is -0.122. The zero-order valence-corrected chi connectivity index (χ0v) is 12.6. The first-order valence-corrected chi connectivity index (χ1v) is 6.87. The van der Waals surface area contributed by atoms with Crippen molar-refractivity contribution in [2.45, 2.75) is 13.8 Å². The highest BCUT2D eigenvalue weighted by molar-refractivity contribution is 6.31. The van der Waals surface area contributed by atoms with Crippen LogP contribution in [0.25, 0.3) is 5.69 Å². The summed E-state index contributed by atoms with van der Waals surface area (Å²) < 4.78 is 1.56. The number of nitrogens with one attached hydrogen (secondary N) is 1. The maximum atomic E-state index is 12.2. The Hall–Kier alpha value is -1.59. The number of rotatable bonds is 4. The molecule has 0 saturated heterocycles. The van der Waals surface area contributed by atoms with Crippen LogP contribution in [0.2, 0.25) is 5.02 Å². The average Bonchev–Trinajstić information content (AvgIpc) is 2.92. The molecule has 0 radical (unpaired) electrons. The lowest BCUT2D eigenvalue weighted by atomic mass is 9.95. The van der Waals surface area contributed by atoms with Crippen molar-refractivity contribution in [3.05, 3.63) is 35.9 Å². The molecule has 106 valence electrons. The molecule has 5 nitrogen and oxygen atoms in total. The molecule has 7 heteroatoms. The summed E-state index contributed by atoms with van der Waals surface area (Å²) >= 11 is 11.8. The SMILES string of the molecule is CC(C)(CCl)C(=O)Nc1cc(Cl)ccc1-n1cncn1. The first-order chi connectivity index (χ1) is 9.44. The van der Waals surface area contributed by atoms with Crippen LogP contribution in [0.15, 0.2) is 30.9 Å². The fourth-order valence-corrected chi connectivity index (χ4v) is 1.79. The van der Waals surface area contributed by atoms with Crippen LogP contribution in [0.5, 0.6) is 0 Å². The molecule has 0 fully saturated rings. The summed E-state index contributed by atoms with van der Waals surface area (Å²) in [6, 6.07) is 5.15. The molecule has 0 unspecified atom stereocenters. The van der Waals surface area contributed by atoms with E-state index in [0.717, 1.165) is 0 Å². The molecule has 1 N–H and O–H groups in total. The number of aromatic nitrogens is 3. The summed E-state index contributed by atoms with van der Waals surface area (Å²) in [5.74, 6) is 0.0362. The Kier molecular flexibility index (Phi) is 4.30. The van der Waals surface area contributed by atoms with Crippen molar-refractivity contribution in [3.8, 4) is 5.69 Å². The lowest BCUT2D eigenvalue weighted by Gasteiger charge is -2.21. The highest BCUT2D eigenvalue weighted by atomic mass is 35.5. The van der Waals surface area contributed by atoms with Gasteiger partial charge in [0.2, 0.25) is 5.91 Å². The van der Waals surface area contributed by atoms with E-state index in [2.05, 4.69) is 15.4 Å². The summed E-state index contributed by atoms with van der Waals surface area (Å²) in [5.41, 5.74) is 0.570. The van der Waals surface area contributed by atoms with Gasteiger partial charge in [-0.25, -0.2) is 9.67 Å². The number of carbonyl (C=O) groups excluding carboxylic acids is 1. The molecule has 0 saturated carbocycles. The molecule has 1 amide bonds. The quantitative estimate of drug-likeness (QED) is 0.882. The number of hydrogen-bond acceptors (Lipinski definition) is 3. The largest absolute Gasteiger partial charge is 0.324 e. The highest BCUT2D eigenvalue weighted by Gasteiger charge is 2.27. The van der Waals surface area contributed by atoms with Gasteiger partial charge in [-0.1, -0.05) is 11.6 Å². The van der Waals surface area contributed by atoms with Gasteiger partial charge in [0.25, 0.3) is 0 Å². The van der Waals surface area contributed by atoms with Crippen molar-refractivity contribution in [1.29, 1.82) is 0 Å². The van der Waals surface area contributed by atoms with Crippen molar-refractivity contribution in [2.75, 3.05) is 11.2 Å². The highest BCUT2D eigenvalue weighted by Crippen LogP contribution is 2.26. The normalized spacial score (nSPS) is 11.4. The summed E-state index contributed by atoms with van der Waals surface area (Å²) in [5, 5.41) is 7.41. The smallest absolute Gasteiger partial charge is 0.231 e. The second kappa shape index (κ2) is 5.81. The van der Waals surface area contributed by atoms with Crippen LogP contribution in [0, 0.1) is 5.41 Å². The Morgan fingerprint density at radius 2 is 2.20 bits per heavy atom. The zero-order chi connectivity index (χ0) is 14.8. The van der Waals surface area contributed by atoms with Crippen molar-refractivity contribution < 1.29 is 4.79 Å². The zero-order valence-electron chi connectivity index (χ0n) is 11.1. The summed E-state index contributed by atoms with van der Waals surface area (Å²) in [6.45, 7) is 3.55. The maximum absolute atomic E-state index is 12.2. The third-order valence-corrected chi connectivity index (χ3v) is 3.72. The Morgan fingerprint density at radius 3 is 2.80 bits per heavy atom. The number of carbonyl (C=O) groups is 1. The molecule has 0 aliphatic rings. The Labute approximate surface area is 126 Å². The first kappa shape index (κ1) is 14.8. The number of anilines is 1. The Bertz CT molecular complexity index is 611. The van der Waals surface area contributed by atoms with E-state index in [1.54, 1.807) is 43.1 Å². The van der Waals surface area contributed by atoms with E-state index in [-0.39, 0.29) is 11.8 Å². The van der Waals surface area contributed by atoms with E-state index in [1.807, 2.05) is 0 Å². The number of nitrogens with zero attached hydrogens (tertiary/aromatic N) is 3. The van der Waals surface area contributed by atoms with E-state index in [9.17, 15) is 4.79 Å². The van der Waals surface area contributed by atoms with Gasteiger partial charge in [-0.2, -0.15) is 5.10 Å². The second-order valence-corrected chi connectivity index (χ2v) is 5.68. The van der Waals surface area contributed by atoms with Crippen LogP contribution in [0.1, 0.15) is 13.8 Å². The molecule has 1 aromatic carbocycles. The summed E-state index contributed by atoms with van der Waals surface area (Å²) in [4.78, 5) is 16.1. The molecule has 0 atom stereocenters. The lowest BCUT2D eigenvalue weighted by Crippen LogP contribution is -2.32. The predicted molar refractivity (Wildman–Crippen MR) is 79.5 cm³/mol. The standard InChI is InChI=1S/C13H14Cl2N4O/c1-13(2,6-14)12(20)18-10-5-9(15)3-4-11(10)19-8-16-7-17-19/h3-5,7-8H,6H2,1-2H3,(H,18,20). The second-order valence-electron chi connectivity index (χ2n) is 4.97. The topological polar surface area (TPSA) is 59.8 Å². The number of alkyl halides is 1. The molecule has 0 aliphatic carbocycles. The molecule has 0 aliphatic heterocycles. The van der Waals surface area contributed by atoms with Gasteiger partial charge in [0.05, 0.1) is 16.8 Å². The third-order valence-electron chi connectivity index (χ3n) is 2.82. The summed E-state index contributed by atoms with van der Waals surface area (Å²) in [6.07, 6.45) is 2.97. The van der Waals surface area contributed by atoms with E-state index in [0.29, 0.717) is 16.4 Å². The number of benzene rings is 1. The molecule has 2 aromatic rings. The van der Waals surface area contributed by atoms with Gasteiger partial charge < -0.3 is 5.32 Å². The van der Waals surface area contributed by atoms with Crippen molar-refractivity contribution >= 4 is 34.8 Å².